The maximum Gasteiger partial charge on any atom is 0.243 e. The van der Waals surface area contributed by atoms with Crippen molar-refractivity contribution in [2.75, 3.05) is 13.1 Å². The van der Waals surface area contributed by atoms with E-state index < -0.39 is 12.1 Å². The van der Waals surface area contributed by atoms with E-state index in [0.29, 0.717) is 44.7 Å². The van der Waals surface area contributed by atoms with Crippen LogP contribution in [0.15, 0.2) is 0 Å². The van der Waals surface area contributed by atoms with Crippen LogP contribution in [0.5, 0.6) is 0 Å². The fourth-order valence-corrected chi connectivity index (χ4v) is 3.91. The highest BCUT2D eigenvalue weighted by molar-refractivity contribution is 5.92. The van der Waals surface area contributed by atoms with E-state index in [9.17, 15) is 19.2 Å². The number of amides is 3. The molecule has 0 radical (unpaired) electrons. The number of carbonyl (C=O) groups excluding carboxylic acids is 4. The van der Waals surface area contributed by atoms with Gasteiger partial charge in [0.25, 0.3) is 0 Å². The van der Waals surface area contributed by atoms with E-state index in [1.54, 1.807) is 0 Å². The van der Waals surface area contributed by atoms with Gasteiger partial charge in [-0.1, -0.05) is 53.4 Å². The van der Waals surface area contributed by atoms with Gasteiger partial charge in [0.1, 0.15) is 6.04 Å². The zero-order valence-corrected chi connectivity index (χ0v) is 23.7. The third-order valence-corrected chi connectivity index (χ3v) is 6.19. The Morgan fingerprint density at radius 1 is 0.639 bits per heavy atom. The van der Waals surface area contributed by atoms with Crippen LogP contribution in [-0.4, -0.2) is 54.7 Å². The Morgan fingerprint density at radius 2 is 1.19 bits per heavy atom. The maximum absolute atomic E-state index is 13.1. The van der Waals surface area contributed by atoms with Crippen molar-refractivity contribution in [2.45, 2.75) is 143 Å². The van der Waals surface area contributed by atoms with Crippen molar-refractivity contribution in [3.63, 3.8) is 0 Å². The second-order valence-corrected chi connectivity index (χ2v) is 10.2. The molecular weight excluding hydrogens is 456 g/mol. The minimum Gasteiger partial charge on any atom is -0.356 e. The van der Waals surface area contributed by atoms with Gasteiger partial charge in [0.05, 0.1) is 6.04 Å². The predicted octanol–water partition coefficient (Wildman–Crippen LogP) is 4.16. The second kappa shape index (κ2) is 22.3. The molecule has 0 aromatic carbocycles. The minimum absolute atomic E-state index is 0.0647. The summed E-state index contributed by atoms with van der Waals surface area (Å²) in [7, 11) is 0. The van der Waals surface area contributed by atoms with Crippen molar-refractivity contribution in [3.8, 4) is 0 Å². The van der Waals surface area contributed by atoms with Crippen LogP contribution in [-0.2, 0) is 19.2 Å². The lowest BCUT2D eigenvalue weighted by Crippen LogP contribution is -2.51. The Bertz CT molecular complexity index is 625. The summed E-state index contributed by atoms with van der Waals surface area (Å²) in [6.07, 6.45) is 11.0. The van der Waals surface area contributed by atoms with E-state index in [1.165, 1.54) is 6.92 Å². The lowest BCUT2D eigenvalue weighted by molar-refractivity contribution is -0.131. The molecule has 0 aliphatic heterocycles. The molecule has 2 atom stereocenters. The SMILES string of the molecule is CCCCCC(=O)NCCCCC(NC(=O)CCCCC)C(=O)NC(CCCCNC(C)C)C(C)=O. The Morgan fingerprint density at radius 3 is 1.75 bits per heavy atom. The number of nitrogens with one attached hydrogen (secondary N) is 4. The van der Waals surface area contributed by atoms with Crippen molar-refractivity contribution >= 4 is 23.5 Å². The highest BCUT2D eigenvalue weighted by Gasteiger charge is 2.24. The van der Waals surface area contributed by atoms with Crippen LogP contribution in [0.4, 0.5) is 0 Å². The number of Topliss-reactive ketones (excluding diaryl/α,β-unsaturated/α-hetero) is 1. The monoisotopic (exact) mass is 510 g/mol. The fourth-order valence-electron chi connectivity index (χ4n) is 3.91. The summed E-state index contributed by atoms with van der Waals surface area (Å²) in [5.41, 5.74) is 0. The minimum atomic E-state index is -0.677. The number of hydrogen-bond acceptors (Lipinski definition) is 5. The smallest absolute Gasteiger partial charge is 0.243 e. The van der Waals surface area contributed by atoms with Crippen LogP contribution in [0.25, 0.3) is 0 Å². The van der Waals surface area contributed by atoms with Gasteiger partial charge >= 0.3 is 0 Å². The number of unbranched alkanes of at least 4 members (excludes halogenated alkanes) is 6. The molecule has 0 rings (SSSR count). The van der Waals surface area contributed by atoms with Gasteiger partial charge in [-0.15, -0.1) is 0 Å². The first-order chi connectivity index (χ1) is 17.2. The summed E-state index contributed by atoms with van der Waals surface area (Å²) < 4.78 is 0. The molecule has 210 valence electrons. The van der Waals surface area contributed by atoms with Crippen LogP contribution in [0, 0.1) is 0 Å². The van der Waals surface area contributed by atoms with Gasteiger partial charge in [0.15, 0.2) is 5.78 Å². The van der Waals surface area contributed by atoms with Crippen molar-refractivity contribution < 1.29 is 19.2 Å². The summed E-state index contributed by atoms with van der Waals surface area (Å²) in [6, 6.07) is -0.799. The summed E-state index contributed by atoms with van der Waals surface area (Å²) in [6.45, 7) is 11.3. The molecule has 0 aromatic heterocycles. The first kappa shape index (κ1) is 34.0. The molecule has 0 bridgehead atoms. The van der Waals surface area contributed by atoms with Gasteiger partial charge in [0.2, 0.25) is 17.7 Å². The molecule has 0 saturated carbocycles. The Kier molecular flexibility index (Phi) is 21.0. The number of rotatable bonds is 23. The summed E-state index contributed by atoms with van der Waals surface area (Å²) >= 11 is 0. The van der Waals surface area contributed by atoms with Crippen LogP contribution < -0.4 is 21.3 Å². The zero-order valence-electron chi connectivity index (χ0n) is 23.7. The lowest BCUT2D eigenvalue weighted by Gasteiger charge is -2.22. The molecule has 3 amide bonds. The second-order valence-electron chi connectivity index (χ2n) is 10.2. The van der Waals surface area contributed by atoms with Crippen molar-refractivity contribution in [1.29, 1.82) is 0 Å². The molecule has 8 heteroatoms. The molecule has 2 unspecified atom stereocenters. The molecule has 0 fully saturated rings. The molecule has 0 aliphatic carbocycles. The average molecular weight is 511 g/mol. The Hall–Kier alpha value is -1.96. The first-order valence-electron chi connectivity index (χ1n) is 14.3. The van der Waals surface area contributed by atoms with Crippen molar-refractivity contribution in [1.82, 2.24) is 21.3 Å². The number of hydrogen-bond donors (Lipinski definition) is 4. The molecule has 0 spiro atoms. The standard InChI is InChI=1S/C28H54N4O4/c1-6-8-10-18-26(34)30-21-15-13-17-25(31-27(35)19-11-9-7-2)28(36)32-24(23(5)33)16-12-14-20-29-22(3)4/h22,24-25,29H,6-21H2,1-5H3,(H,30,34)(H,31,35)(H,32,36). The van der Waals surface area contributed by atoms with E-state index in [4.69, 9.17) is 0 Å². The van der Waals surface area contributed by atoms with Gasteiger partial charge in [-0.2, -0.15) is 0 Å². The van der Waals surface area contributed by atoms with Crippen molar-refractivity contribution in [3.05, 3.63) is 0 Å². The number of carbonyl (C=O) groups is 4. The molecule has 0 aliphatic rings. The van der Waals surface area contributed by atoms with Crippen LogP contribution in [0.1, 0.15) is 125 Å². The van der Waals surface area contributed by atoms with Crippen LogP contribution in [0.2, 0.25) is 0 Å². The molecular formula is C28H54N4O4. The molecule has 0 aromatic rings. The molecule has 36 heavy (non-hydrogen) atoms. The van der Waals surface area contributed by atoms with Gasteiger partial charge in [-0.3, -0.25) is 19.2 Å². The third kappa shape index (κ3) is 19.3. The summed E-state index contributed by atoms with van der Waals surface area (Å²) in [5.74, 6) is -0.441. The van der Waals surface area contributed by atoms with Gasteiger partial charge in [-0.05, 0) is 64.8 Å². The third-order valence-electron chi connectivity index (χ3n) is 6.19. The Balaban J connectivity index is 4.76. The normalized spacial score (nSPS) is 12.7. The van der Waals surface area contributed by atoms with E-state index in [2.05, 4.69) is 49.0 Å². The molecule has 0 heterocycles. The predicted molar refractivity (Wildman–Crippen MR) is 147 cm³/mol. The van der Waals surface area contributed by atoms with Gasteiger partial charge < -0.3 is 21.3 Å². The summed E-state index contributed by atoms with van der Waals surface area (Å²) in [5, 5.41) is 12.1. The van der Waals surface area contributed by atoms with Crippen LogP contribution >= 0.6 is 0 Å². The highest BCUT2D eigenvalue weighted by atomic mass is 16.2. The largest absolute Gasteiger partial charge is 0.356 e. The van der Waals surface area contributed by atoms with E-state index in [-0.39, 0.29) is 23.5 Å². The zero-order chi connectivity index (χ0) is 27.2. The van der Waals surface area contributed by atoms with E-state index in [0.717, 1.165) is 64.3 Å². The molecule has 4 N–H and O–H groups in total. The van der Waals surface area contributed by atoms with Crippen LogP contribution in [0.3, 0.4) is 0 Å². The Labute approximate surface area is 219 Å². The van der Waals surface area contributed by atoms with Gasteiger partial charge in [0, 0.05) is 25.4 Å². The quantitative estimate of drug-likeness (QED) is 0.154. The van der Waals surface area contributed by atoms with Gasteiger partial charge in [-0.25, -0.2) is 0 Å². The first-order valence-corrected chi connectivity index (χ1v) is 14.3. The maximum atomic E-state index is 13.1. The van der Waals surface area contributed by atoms with Crippen molar-refractivity contribution in [2.24, 2.45) is 0 Å². The average Bonchev–Trinajstić information content (AvgIpc) is 2.82. The topological polar surface area (TPSA) is 116 Å². The molecule has 8 nitrogen and oxygen atoms in total. The molecule has 0 saturated heterocycles. The number of ketones is 1. The van der Waals surface area contributed by atoms with E-state index >= 15 is 0 Å². The summed E-state index contributed by atoms with van der Waals surface area (Å²) in [4.78, 5) is 49.5. The lowest BCUT2D eigenvalue weighted by atomic mass is 10.0. The van der Waals surface area contributed by atoms with E-state index in [1.807, 2.05) is 0 Å². The fraction of sp³-hybridized carbons (Fsp3) is 0.857. The highest BCUT2D eigenvalue weighted by Crippen LogP contribution is 2.08.